The van der Waals surface area contributed by atoms with Crippen molar-refractivity contribution in [2.75, 3.05) is 44.7 Å². The lowest BCUT2D eigenvalue weighted by Crippen LogP contribution is -2.59. The highest BCUT2D eigenvalue weighted by Crippen LogP contribution is 2.26. The van der Waals surface area contributed by atoms with E-state index in [1.165, 1.54) is 17.7 Å². The molecule has 0 saturated carbocycles. The average Bonchev–Trinajstić information content (AvgIpc) is 3.00. The molecule has 0 N–H and O–H groups in total. The minimum absolute atomic E-state index is 0.332. The number of piperidine rings is 1. The first-order chi connectivity index (χ1) is 11.7. The average molecular weight is 329 g/mol. The predicted molar refractivity (Wildman–Crippen MR) is 93.1 cm³/mol. The van der Waals surface area contributed by atoms with Gasteiger partial charge in [-0.3, -0.25) is 9.69 Å². The molecule has 0 radical (unpaired) electrons. The molecule has 0 bridgehead atoms. The van der Waals surface area contributed by atoms with Gasteiger partial charge >= 0.3 is 0 Å². The summed E-state index contributed by atoms with van der Waals surface area (Å²) < 4.78 is 0. The van der Waals surface area contributed by atoms with Crippen molar-refractivity contribution >= 4 is 11.7 Å². The lowest BCUT2D eigenvalue weighted by atomic mass is 10.1. The predicted octanol–water partition coefficient (Wildman–Crippen LogP) is 1.10. The van der Waals surface area contributed by atoms with Crippen molar-refractivity contribution < 1.29 is 4.79 Å². The molecule has 0 aromatic carbocycles. The van der Waals surface area contributed by atoms with E-state index in [2.05, 4.69) is 33.1 Å². The van der Waals surface area contributed by atoms with Crippen LogP contribution in [-0.2, 0) is 17.6 Å². The fraction of sp³-hybridized carbons (Fsp3) is 0.722. The second kappa shape index (κ2) is 6.67. The van der Waals surface area contributed by atoms with Crippen LogP contribution in [0.25, 0.3) is 0 Å². The largest absolute Gasteiger partial charge is 0.352 e. The van der Waals surface area contributed by atoms with Crippen molar-refractivity contribution in [1.29, 1.82) is 0 Å². The highest BCUT2D eigenvalue weighted by Gasteiger charge is 2.32. The van der Waals surface area contributed by atoms with Crippen molar-refractivity contribution in [2.45, 2.75) is 44.6 Å². The third-order valence-corrected chi connectivity index (χ3v) is 5.76. The van der Waals surface area contributed by atoms with E-state index in [9.17, 15) is 4.79 Å². The van der Waals surface area contributed by atoms with Crippen molar-refractivity contribution in [3.05, 3.63) is 17.3 Å². The molecule has 1 aliphatic carbocycles. The van der Waals surface area contributed by atoms with Gasteiger partial charge in [-0.25, -0.2) is 0 Å². The van der Waals surface area contributed by atoms with Crippen LogP contribution >= 0.6 is 0 Å². The zero-order valence-corrected chi connectivity index (χ0v) is 14.6. The number of carbonyl (C=O) groups excluding carboxylic acids is 1. The van der Waals surface area contributed by atoms with E-state index in [-0.39, 0.29) is 0 Å². The monoisotopic (exact) mass is 329 g/mol. The highest BCUT2D eigenvalue weighted by molar-refractivity contribution is 5.76. The number of rotatable bonds is 5. The Hall–Kier alpha value is -1.69. The Balaban J connectivity index is 1.25. The summed E-state index contributed by atoms with van der Waals surface area (Å²) in [7, 11) is 2.17. The molecule has 0 unspecified atom stereocenters. The number of fused-ring (bicyclic) bond motifs is 1. The standard InChI is InChI=1S/C18H27N5O/c1-21(9-10-22-8-3-2-7-18(22)24)15-12-23(13-15)17-11-14-5-4-6-16(14)19-20-17/h11,15H,2-10,12-13H2,1H3. The summed E-state index contributed by atoms with van der Waals surface area (Å²) in [6, 6.07) is 2.79. The number of nitrogens with zero attached hydrogens (tertiary/aromatic N) is 5. The summed E-state index contributed by atoms with van der Waals surface area (Å²) >= 11 is 0. The molecule has 130 valence electrons. The van der Waals surface area contributed by atoms with Crippen LogP contribution < -0.4 is 4.90 Å². The zero-order chi connectivity index (χ0) is 16.5. The number of aromatic nitrogens is 2. The van der Waals surface area contributed by atoms with E-state index >= 15 is 0 Å². The van der Waals surface area contributed by atoms with Crippen molar-refractivity contribution in [2.24, 2.45) is 0 Å². The van der Waals surface area contributed by atoms with Crippen LogP contribution in [0.5, 0.6) is 0 Å². The molecule has 2 saturated heterocycles. The maximum Gasteiger partial charge on any atom is 0.222 e. The first-order valence-electron chi connectivity index (χ1n) is 9.29. The van der Waals surface area contributed by atoms with Crippen LogP contribution in [0.2, 0.25) is 0 Å². The van der Waals surface area contributed by atoms with Gasteiger partial charge in [-0.1, -0.05) is 0 Å². The number of hydrogen-bond donors (Lipinski definition) is 0. The normalized spacial score (nSPS) is 21.3. The molecule has 3 aliphatic rings. The molecule has 6 nitrogen and oxygen atoms in total. The number of aryl methyl sites for hydroxylation is 2. The Kier molecular flexibility index (Phi) is 4.39. The molecule has 1 amide bonds. The van der Waals surface area contributed by atoms with Crippen molar-refractivity contribution in [1.82, 2.24) is 20.0 Å². The quantitative estimate of drug-likeness (QED) is 0.810. The number of carbonyl (C=O) groups is 1. The second-order valence-electron chi connectivity index (χ2n) is 7.41. The molecule has 1 aromatic heterocycles. The molecule has 2 fully saturated rings. The van der Waals surface area contributed by atoms with Crippen LogP contribution in [-0.4, -0.2) is 71.7 Å². The van der Waals surface area contributed by atoms with E-state index in [1.807, 2.05) is 4.90 Å². The molecule has 0 spiro atoms. The van der Waals surface area contributed by atoms with Gasteiger partial charge in [-0.2, -0.15) is 5.10 Å². The van der Waals surface area contributed by atoms with Gasteiger partial charge in [-0.15, -0.1) is 5.10 Å². The van der Waals surface area contributed by atoms with Gasteiger partial charge in [0.1, 0.15) is 0 Å². The Morgan fingerprint density at radius 1 is 1.17 bits per heavy atom. The summed E-state index contributed by atoms with van der Waals surface area (Å²) in [5, 5.41) is 8.79. The number of hydrogen-bond acceptors (Lipinski definition) is 5. The molecule has 4 rings (SSSR count). The van der Waals surface area contributed by atoms with Gasteiger partial charge in [0.05, 0.1) is 5.69 Å². The van der Waals surface area contributed by atoms with E-state index in [0.717, 1.165) is 70.6 Å². The summed E-state index contributed by atoms with van der Waals surface area (Å²) in [4.78, 5) is 18.6. The lowest BCUT2D eigenvalue weighted by molar-refractivity contribution is -0.133. The van der Waals surface area contributed by atoms with Gasteiger partial charge in [0.15, 0.2) is 5.82 Å². The maximum atomic E-state index is 11.9. The second-order valence-corrected chi connectivity index (χ2v) is 7.41. The van der Waals surface area contributed by atoms with E-state index in [4.69, 9.17) is 0 Å². The van der Waals surface area contributed by atoms with Gasteiger partial charge in [0, 0.05) is 45.2 Å². The van der Waals surface area contributed by atoms with Crippen molar-refractivity contribution in [3.63, 3.8) is 0 Å². The maximum absolute atomic E-state index is 11.9. The molecule has 3 heterocycles. The molecule has 0 atom stereocenters. The first kappa shape index (κ1) is 15.8. The van der Waals surface area contributed by atoms with E-state index < -0.39 is 0 Å². The summed E-state index contributed by atoms with van der Waals surface area (Å²) in [6.45, 7) is 4.79. The lowest BCUT2D eigenvalue weighted by Gasteiger charge is -2.45. The Morgan fingerprint density at radius 2 is 2.04 bits per heavy atom. The fourth-order valence-corrected chi connectivity index (χ4v) is 3.95. The number of likely N-dealkylation sites (tertiary alicyclic amines) is 1. The molecule has 2 aliphatic heterocycles. The summed E-state index contributed by atoms with van der Waals surface area (Å²) in [5.41, 5.74) is 2.58. The van der Waals surface area contributed by atoms with Crippen LogP contribution in [0.1, 0.15) is 36.9 Å². The van der Waals surface area contributed by atoms with Crippen LogP contribution in [0.3, 0.4) is 0 Å². The molecule has 1 aromatic rings. The van der Waals surface area contributed by atoms with Gasteiger partial charge in [-0.05, 0) is 50.8 Å². The molecule has 24 heavy (non-hydrogen) atoms. The van der Waals surface area contributed by atoms with E-state index in [1.54, 1.807) is 0 Å². The highest BCUT2D eigenvalue weighted by atomic mass is 16.2. The van der Waals surface area contributed by atoms with E-state index in [0.29, 0.717) is 11.9 Å². The molecule has 6 heteroatoms. The number of likely N-dealkylation sites (N-methyl/N-ethyl adjacent to an activating group) is 1. The summed E-state index contributed by atoms with van der Waals surface area (Å²) in [5.74, 6) is 1.37. The van der Waals surface area contributed by atoms with Gasteiger partial charge in [0.2, 0.25) is 5.91 Å². The minimum Gasteiger partial charge on any atom is -0.352 e. The van der Waals surface area contributed by atoms with Crippen molar-refractivity contribution in [3.8, 4) is 0 Å². The number of amides is 1. The first-order valence-corrected chi connectivity index (χ1v) is 9.29. The molecular formula is C18H27N5O. The third kappa shape index (κ3) is 3.11. The number of anilines is 1. The Labute approximate surface area is 143 Å². The topological polar surface area (TPSA) is 52.6 Å². The smallest absolute Gasteiger partial charge is 0.222 e. The zero-order valence-electron chi connectivity index (χ0n) is 14.6. The van der Waals surface area contributed by atoms with Crippen LogP contribution in [0, 0.1) is 0 Å². The van der Waals surface area contributed by atoms with Gasteiger partial charge in [0.25, 0.3) is 0 Å². The Morgan fingerprint density at radius 3 is 2.88 bits per heavy atom. The fourth-order valence-electron chi connectivity index (χ4n) is 3.95. The SMILES string of the molecule is CN(CCN1CCCCC1=O)C1CN(c2cc3c(nn2)CCC3)C1. The van der Waals surface area contributed by atoms with Gasteiger partial charge < -0.3 is 9.80 Å². The van der Waals surface area contributed by atoms with Crippen LogP contribution in [0.15, 0.2) is 6.07 Å². The third-order valence-electron chi connectivity index (χ3n) is 5.76. The molecular weight excluding hydrogens is 302 g/mol. The Bertz CT molecular complexity index is 613. The minimum atomic E-state index is 0.332. The van der Waals surface area contributed by atoms with Crippen LogP contribution in [0.4, 0.5) is 5.82 Å². The summed E-state index contributed by atoms with van der Waals surface area (Å²) in [6.07, 6.45) is 6.41.